The SMILES string of the molecule is COc1c(C=O)oc2ccc(F)cc12. The van der Waals surface area contributed by atoms with Gasteiger partial charge in [0.25, 0.3) is 0 Å². The first kappa shape index (κ1) is 8.74. The van der Waals surface area contributed by atoms with E-state index in [2.05, 4.69) is 0 Å². The van der Waals surface area contributed by atoms with Gasteiger partial charge >= 0.3 is 0 Å². The summed E-state index contributed by atoms with van der Waals surface area (Å²) in [7, 11) is 1.40. The van der Waals surface area contributed by atoms with E-state index >= 15 is 0 Å². The highest BCUT2D eigenvalue weighted by Crippen LogP contribution is 2.32. The Balaban J connectivity index is 2.81. The molecule has 72 valence electrons. The first-order chi connectivity index (χ1) is 6.76. The van der Waals surface area contributed by atoms with Crippen LogP contribution in [0.4, 0.5) is 4.39 Å². The molecule has 0 bridgehead atoms. The molecule has 14 heavy (non-hydrogen) atoms. The number of halogens is 1. The summed E-state index contributed by atoms with van der Waals surface area (Å²) in [4.78, 5) is 10.6. The summed E-state index contributed by atoms with van der Waals surface area (Å²) in [5.41, 5.74) is 0.436. The summed E-state index contributed by atoms with van der Waals surface area (Å²) in [6.07, 6.45) is 0.538. The molecule has 0 unspecified atom stereocenters. The molecule has 0 aliphatic heterocycles. The number of fused-ring (bicyclic) bond motifs is 1. The predicted octanol–water partition coefficient (Wildman–Crippen LogP) is 2.39. The number of furan rings is 1. The smallest absolute Gasteiger partial charge is 0.209 e. The molecule has 0 saturated carbocycles. The van der Waals surface area contributed by atoms with E-state index in [9.17, 15) is 9.18 Å². The van der Waals surface area contributed by atoms with Gasteiger partial charge in [0.15, 0.2) is 12.0 Å². The minimum Gasteiger partial charge on any atom is -0.492 e. The Bertz CT molecular complexity index is 487. The molecule has 0 fully saturated rings. The third-order valence-electron chi connectivity index (χ3n) is 1.94. The monoisotopic (exact) mass is 194 g/mol. The molecule has 0 saturated heterocycles. The maximum atomic E-state index is 12.9. The molecule has 0 spiro atoms. The molecule has 1 aromatic heterocycles. The first-order valence-electron chi connectivity index (χ1n) is 3.97. The zero-order chi connectivity index (χ0) is 10.1. The molecule has 0 N–H and O–H groups in total. The zero-order valence-corrected chi connectivity index (χ0v) is 7.41. The molecule has 1 aromatic carbocycles. The highest BCUT2D eigenvalue weighted by atomic mass is 19.1. The van der Waals surface area contributed by atoms with Gasteiger partial charge in [-0.2, -0.15) is 0 Å². The van der Waals surface area contributed by atoms with Gasteiger partial charge < -0.3 is 9.15 Å². The van der Waals surface area contributed by atoms with Gasteiger partial charge in [-0.15, -0.1) is 0 Å². The van der Waals surface area contributed by atoms with Crippen LogP contribution in [0.5, 0.6) is 5.75 Å². The third kappa shape index (κ3) is 1.16. The summed E-state index contributed by atoms with van der Waals surface area (Å²) in [5, 5.41) is 0.467. The number of hydrogen-bond donors (Lipinski definition) is 0. The molecule has 0 amide bonds. The second kappa shape index (κ2) is 3.14. The van der Waals surface area contributed by atoms with E-state index < -0.39 is 5.82 Å². The van der Waals surface area contributed by atoms with Gasteiger partial charge in [0.2, 0.25) is 5.76 Å². The van der Waals surface area contributed by atoms with Crippen molar-refractivity contribution in [2.45, 2.75) is 0 Å². The van der Waals surface area contributed by atoms with Gasteiger partial charge in [0, 0.05) is 0 Å². The van der Waals surface area contributed by atoms with E-state index in [4.69, 9.17) is 9.15 Å². The van der Waals surface area contributed by atoms with Crippen LogP contribution < -0.4 is 4.74 Å². The molecule has 0 atom stereocenters. The molecule has 2 rings (SSSR count). The van der Waals surface area contributed by atoms with Crippen molar-refractivity contribution < 1.29 is 18.3 Å². The topological polar surface area (TPSA) is 39.4 Å². The van der Waals surface area contributed by atoms with Crippen molar-refractivity contribution in [3.63, 3.8) is 0 Å². The molecule has 3 nitrogen and oxygen atoms in total. The Morgan fingerprint density at radius 1 is 1.50 bits per heavy atom. The molecule has 2 aromatic rings. The van der Waals surface area contributed by atoms with Gasteiger partial charge in [0.1, 0.15) is 11.4 Å². The number of methoxy groups -OCH3 is 1. The zero-order valence-electron chi connectivity index (χ0n) is 7.41. The van der Waals surface area contributed by atoms with Gasteiger partial charge in [-0.25, -0.2) is 4.39 Å². The van der Waals surface area contributed by atoms with Crippen molar-refractivity contribution in [1.82, 2.24) is 0 Å². The van der Waals surface area contributed by atoms with Crippen LogP contribution in [0.1, 0.15) is 10.6 Å². The molecule has 0 aliphatic carbocycles. The molecule has 4 heteroatoms. The average molecular weight is 194 g/mol. The van der Waals surface area contributed by atoms with E-state index in [-0.39, 0.29) is 11.5 Å². The number of carbonyl (C=O) groups is 1. The lowest BCUT2D eigenvalue weighted by Gasteiger charge is -1.95. The van der Waals surface area contributed by atoms with Crippen molar-refractivity contribution in [3.05, 3.63) is 29.8 Å². The van der Waals surface area contributed by atoms with E-state index in [1.807, 2.05) is 0 Å². The molecule has 0 radical (unpaired) electrons. The lowest BCUT2D eigenvalue weighted by molar-refractivity contribution is 0.109. The summed E-state index contributed by atoms with van der Waals surface area (Å²) in [6.45, 7) is 0. The average Bonchev–Trinajstić information content (AvgIpc) is 2.54. The number of aldehydes is 1. The van der Waals surface area contributed by atoms with Crippen molar-refractivity contribution in [2.75, 3.05) is 7.11 Å². The van der Waals surface area contributed by atoms with Crippen LogP contribution in [0.25, 0.3) is 11.0 Å². The largest absolute Gasteiger partial charge is 0.492 e. The lowest BCUT2D eigenvalue weighted by atomic mass is 10.2. The fraction of sp³-hybridized carbons (Fsp3) is 0.100. The highest BCUT2D eigenvalue weighted by molar-refractivity contribution is 5.92. The molecular formula is C10H7FO3. The van der Waals surface area contributed by atoms with Gasteiger partial charge in [-0.05, 0) is 18.2 Å². The number of carbonyl (C=O) groups excluding carboxylic acids is 1. The van der Waals surface area contributed by atoms with Gasteiger partial charge in [-0.3, -0.25) is 4.79 Å². The van der Waals surface area contributed by atoms with Crippen LogP contribution in [0, 0.1) is 5.82 Å². The van der Waals surface area contributed by atoms with E-state index in [1.165, 1.54) is 25.3 Å². The van der Waals surface area contributed by atoms with Crippen LogP contribution in [0.3, 0.4) is 0 Å². The van der Waals surface area contributed by atoms with Crippen molar-refractivity contribution in [2.24, 2.45) is 0 Å². The Morgan fingerprint density at radius 2 is 2.29 bits per heavy atom. The Kier molecular flexibility index (Phi) is 1.96. The van der Waals surface area contributed by atoms with Crippen LogP contribution in [0.2, 0.25) is 0 Å². The fourth-order valence-corrected chi connectivity index (χ4v) is 1.35. The number of hydrogen-bond acceptors (Lipinski definition) is 3. The van der Waals surface area contributed by atoms with Gasteiger partial charge in [0.05, 0.1) is 12.5 Å². The Hall–Kier alpha value is -1.84. The summed E-state index contributed by atoms with van der Waals surface area (Å²) < 4.78 is 23.0. The van der Waals surface area contributed by atoms with E-state index in [0.29, 0.717) is 17.3 Å². The maximum absolute atomic E-state index is 12.9. The van der Waals surface area contributed by atoms with Crippen molar-refractivity contribution in [1.29, 1.82) is 0 Å². The van der Waals surface area contributed by atoms with Gasteiger partial charge in [-0.1, -0.05) is 0 Å². The quantitative estimate of drug-likeness (QED) is 0.689. The standard InChI is InChI=1S/C10H7FO3/c1-13-10-7-4-6(11)2-3-8(7)14-9(10)5-12/h2-5H,1H3. The second-order valence-electron chi connectivity index (χ2n) is 2.76. The van der Waals surface area contributed by atoms with E-state index in [0.717, 1.165) is 0 Å². The minimum absolute atomic E-state index is 0.0769. The first-order valence-corrected chi connectivity index (χ1v) is 3.97. The van der Waals surface area contributed by atoms with Crippen LogP contribution in [-0.4, -0.2) is 13.4 Å². The molecule has 1 heterocycles. The van der Waals surface area contributed by atoms with Crippen LogP contribution >= 0.6 is 0 Å². The summed E-state index contributed by atoms with van der Waals surface area (Å²) in [6, 6.07) is 3.99. The number of benzene rings is 1. The van der Waals surface area contributed by atoms with Crippen molar-refractivity contribution >= 4 is 17.3 Å². The number of ether oxygens (including phenoxy) is 1. The third-order valence-corrected chi connectivity index (χ3v) is 1.94. The fourth-order valence-electron chi connectivity index (χ4n) is 1.35. The van der Waals surface area contributed by atoms with E-state index in [1.54, 1.807) is 0 Å². The number of rotatable bonds is 2. The Labute approximate surface area is 79.1 Å². The normalized spacial score (nSPS) is 10.4. The van der Waals surface area contributed by atoms with Crippen LogP contribution in [-0.2, 0) is 0 Å². The lowest BCUT2D eigenvalue weighted by Crippen LogP contribution is -1.85. The summed E-state index contributed by atoms with van der Waals surface area (Å²) >= 11 is 0. The minimum atomic E-state index is -0.394. The van der Waals surface area contributed by atoms with Crippen LogP contribution in [0.15, 0.2) is 22.6 Å². The summed E-state index contributed by atoms with van der Waals surface area (Å²) in [5.74, 6) is -0.0448. The molecular weight excluding hydrogens is 187 g/mol. The Morgan fingerprint density at radius 3 is 2.93 bits per heavy atom. The highest BCUT2D eigenvalue weighted by Gasteiger charge is 2.14. The predicted molar refractivity (Wildman–Crippen MR) is 48.1 cm³/mol. The second-order valence-corrected chi connectivity index (χ2v) is 2.76. The maximum Gasteiger partial charge on any atom is 0.209 e. The van der Waals surface area contributed by atoms with Crippen molar-refractivity contribution in [3.8, 4) is 5.75 Å². The molecule has 0 aliphatic rings.